The number of aromatic nitrogens is 3. The monoisotopic (exact) mass is 504 g/mol. The Kier molecular flexibility index (Phi) is 6.06. The van der Waals surface area contributed by atoms with Crippen LogP contribution < -0.4 is 14.8 Å². The number of anilines is 1. The maximum absolute atomic E-state index is 15.0. The molecule has 31 heavy (non-hydrogen) atoms. The first-order chi connectivity index (χ1) is 15.0. The van der Waals surface area contributed by atoms with Gasteiger partial charge in [-0.05, 0) is 35.9 Å². The number of hydrogen-bond donors (Lipinski definition) is 2. The largest absolute Gasteiger partial charge is 0.486 e. The second-order valence-electron chi connectivity index (χ2n) is 6.46. The van der Waals surface area contributed by atoms with E-state index in [-0.39, 0.29) is 22.9 Å². The fraction of sp³-hybridized carbons (Fsp3) is 0.0952. The van der Waals surface area contributed by atoms with Crippen molar-refractivity contribution in [3.05, 3.63) is 75.1 Å². The van der Waals surface area contributed by atoms with Gasteiger partial charge in [0.1, 0.15) is 6.61 Å². The number of fused-ring (bicyclic) bond motifs is 1. The van der Waals surface area contributed by atoms with Gasteiger partial charge in [0, 0.05) is 4.47 Å². The number of nitrogens with zero attached hydrogens (tertiary/aromatic N) is 2. The number of hydrogen-bond acceptors (Lipinski definition) is 5. The highest BCUT2D eigenvalue weighted by Gasteiger charge is 2.21. The van der Waals surface area contributed by atoms with Crippen molar-refractivity contribution < 1.29 is 18.7 Å². The second-order valence-corrected chi connectivity index (χ2v) is 7.78. The van der Waals surface area contributed by atoms with Crippen molar-refractivity contribution in [2.75, 3.05) is 12.4 Å². The van der Waals surface area contributed by atoms with E-state index in [9.17, 15) is 4.79 Å². The lowest BCUT2D eigenvalue weighted by molar-refractivity contribution is 0.102. The number of aromatic amines is 1. The number of amides is 1. The van der Waals surface area contributed by atoms with Gasteiger partial charge in [-0.3, -0.25) is 9.89 Å². The van der Waals surface area contributed by atoms with E-state index in [1.807, 2.05) is 24.3 Å². The highest BCUT2D eigenvalue weighted by molar-refractivity contribution is 9.10. The average molecular weight is 506 g/mol. The molecule has 4 aromatic rings. The van der Waals surface area contributed by atoms with Crippen LogP contribution in [0.15, 0.2) is 53.1 Å². The summed E-state index contributed by atoms with van der Waals surface area (Å²) in [7, 11) is 1.47. The Morgan fingerprint density at radius 2 is 2.03 bits per heavy atom. The number of carbonyl (C=O) groups is 1. The van der Waals surface area contributed by atoms with E-state index < -0.39 is 11.7 Å². The molecule has 0 fully saturated rings. The molecule has 0 unspecified atom stereocenters. The summed E-state index contributed by atoms with van der Waals surface area (Å²) in [6.07, 6.45) is 1.41. The van der Waals surface area contributed by atoms with Gasteiger partial charge in [-0.15, -0.1) is 5.10 Å². The Morgan fingerprint density at radius 3 is 2.77 bits per heavy atom. The normalized spacial score (nSPS) is 10.8. The van der Waals surface area contributed by atoms with Crippen LogP contribution in [-0.2, 0) is 6.61 Å². The van der Waals surface area contributed by atoms with Gasteiger partial charge in [-0.25, -0.2) is 9.37 Å². The van der Waals surface area contributed by atoms with E-state index >= 15 is 4.39 Å². The van der Waals surface area contributed by atoms with Crippen molar-refractivity contribution in [2.45, 2.75) is 6.61 Å². The van der Waals surface area contributed by atoms with Gasteiger partial charge >= 0.3 is 0 Å². The number of rotatable bonds is 6. The number of ether oxygens (including phenoxy) is 2. The van der Waals surface area contributed by atoms with Crippen LogP contribution in [0.25, 0.3) is 11.0 Å². The molecule has 0 aliphatic heterocycles. The molecule has 0 saturated heterocycles. The van der Waals surface area contributed by atoms with Gasteiger partial charge in [-0.1, -0.05) is 39.7 Å². The molecule has 1 amide bonds. The molecule has 10 heteroatoms. The fourth-order valence-corrected chi connectivity index (χ4v) is 3.39. The van der Waals surface area contributed by atoms with Crippen LogP contribution in [0.1, 0.15) is 15.9 Å². The summed E-state index contributed by atoms with van der Waals surface area (Å²) < 4.78 is 26.7. The molecule has 0 radical (unpaired) electrons. The van der Waals surface area contributed by atoms with Crippen molar-refractivity contribution in [3.8, 4) is 11.6 Å². The quantitative estimate of drug-likeness (QED) is 0.369. The van der Waals surface area contributed by atoms with Crippen molar-refractivity contribution >= 4 is 50.2 Å². The van der Waals surface area contributed by atoms with E-state index in [2.05, 4.69) is 36.4 Å². The molecule has 0 aliphatic carbocycles. The lowest BCUT2D eigenvalue weighted by atomic mass is 10.1. The first-order valence-electron chi connectivity index (χ1n) is 9.01. The lowest BCUT2D eigenvalue weighted by Gasteiger charge is -2.12. The molecule has 0 saturated carbocycles. The van der Waals surface area contributed by atoms with Gasteiger partial charge in [0.2, 0.25) is 5.88 Å². The van der Waals surface area contributed by atoms with E-state index in [1.54, 1.807) is 6.07 Å². The number of methoxy groups -OCH3 is 1. The third-order valence-electron chi connectivity index (χ3n) is 4.42. The molecule has 2 aromatic carbocycles. The molecule has 0 aliphatic rings. The summed E-state index contributed by atoms with van der Waals surface area (Å²) in [5.74, 6) is -1.34. The van der Waals surface area contributed by atoms with E-state index in [0.29, 0.717) is 22.6 Å². The molecule has 0 bridgehead atoms. The number of benzene rings is 2. The number of H-pyrrole nitrogens is 1. The molecule has 0 spiro atoms. The molecule has 4 rings (SSSR count). The Balaban J connectivity index is 1.56. The Labute approximate surface area is 189 Å². The highest BCUT2D eigenvalue weighted by Crippen LogP contribution is 2.30. The SMILES string of the molecule is COc1n[nH]c2ncc(NC(=O)c3c(Cl)ccc(OCc4ccc(Br)cc4)c3F)cc12. The molecule has 7 nitrogen and oxygen atoms in total. The zero-order valence-electron chi connectivity index (χ0n) is 16.1. The van der Waals surface area contributed by atoms with Crippen LogP contribution in [0.3, 0.4) is 0 Å². The van der Waals surface area contributed by atoms with Crippen molar-refractivity contribution in [1.82, 2.24) is 15.2 Å². The van der Waals surface area contributed by atoms with Gasteiger partial charge in [0.25, 0.3) is 5.91 Å². The first-order valence-corrected chi connectivity index (χ1v) is 10.2. The maximum Gasteiger partial charge on any atom is 0.260 e. The van der Waals surface area contributed by atoms with E-state index in [0.717, 1.165) is 10.0 Å². The maximum atomic E-state index is 15.0. The predicted octanol–water partition coefficient (Wildman–Crippen LogP) is 5.35. The number of carbonyl (C=O) groups excluding carboxylic acids is 1. The lowest BCUT2D eigenvalue weighted by Crippen LogP contribution is -2.15. The molecule has 2 heterocycles. The summed E-state index contributed by atoms with van der Waals surface area (Å²) in [4.78, 5) is 16.9. The zero-order chi connectivity index (χ0) is 22.0. The van der Waals surface area contributed by atoms with Crippen LogP contribution >= 0.6 is 27.5 Å². The number of halogens is 3. The van der Waals surface area contributed by atoms with Crippen molar-refractivity contribution in [3.63, 3.8) is 0 Å². The van der Waals surface area contributed by atoms with Gasteiger partial charge in [0.15, 0.2) is 17.2 Å². The smallest absolute Gasteiger partial charge is 0.260 e. The summed E-state index contributed by atoms with van der Waals surface area (Å²) >= 11 is 9.47. The first kappa shape index (κ1) is 21.1. The van der Waals surface area contributed by atoms with E-state index in [1.165, 1.54) is 25.4 Å². The van der Waals surface area contributed by atoms with Gasteiger partial charge in [0.05, 0.1) is 35.0 Å². The second kappa shape index (κ2) is 8.91. The van der Waals surface area contributed by atoms with Crippen LogP contribution in [0.4, 0.5) is 10.1 Å². The number of pyridine rings is 1. The summed E-state index contributed by atoms with van der Waals surface area (Å²) in [5, 5.41) is 9.79. The molecular weight excluding hydrogens is 491 g/mol. The van der Waals surface area contributed by atoms with Crippen LogP contribution in [0, 0.1) is 5.82 Å². The third kappa shape index (κ3) is 4.47. The molecular formula is C21H15BrClFN4O3. The van der Waals surface area contributed by atoms with Gasteiger partial charge < -0.3 is 14.8 Å². The topological polar surface area (TPSA) is 89.1 Å². The van der Waals surface area contributed by atoms with Crippen molar-refractivity contribution in [1.29, 1.82) is 0 Å². The van der Waals surface area contributed by atoms with E-state index in [4.69, 9.17) is 21.1 Å². The standard InChI is InChI=1S/C21H15BrClFN4O3/c1-30-21-14-8-13(9-25-19(14)27-28-21)26-20(29)17-15(23)6-7-16(18(17)24)31-10-11-2-4-12(22)5-3-11/h2-9H,10H2,1H3,(H,26,29)(H,25,27,28). The fourth-order valence-electron chi connectivity index (χ4n) is 2.89. The minimum atomic E-state index is -0.850. The number of nitrogens with one attached hydrogen (secondary N) is 2. The highest BCUT2D eigenvalue weighted by atomic mass is 79.9. The Bertz CT molecular complexity index is 1260. The minimum Gasteiger partial charge on any atom is -0.486 e. The molecule has 2 N–H and O–H groups in total. The average Bonchev–Trinajstić information content (AvgIpc) is 3.17. The molecule has 158 valence electrons. The van der Waals surface area contributed by atoms with Crippen LogP contribution in [-0.4, -0.2) is 28.2 Å². The summed E-state index contributed by atoms with van der Waals surface area (Å²) in [5.41, 5.74) is 1.34. The molecule has 2 aromatic heterocycles. The summed E-state index contributed by atoms with van der Waals surface area (Å²) in [6.45, 7) is 0.133. The minimum absolute atomic E-state index is 0.0408. The van der Waals surface area contributed by atoms with Crippen LogP contribution in [0.5, 0.6) is 11.6 Å². The molecule has 0 atom stereocenters. The zero-order valence-corrected chi connectivity index (χ0v) is 18.4. The van der Waals surface area contributed by atoms with Gasteiger partial charge in [-0.2, -0.15) is 0 Å². The van der Waals surface area contributed by atoms with Crippen molar-refractivity contribution in [2.24, 2.45) is 0 Å². The predicted molar refractivity (Wildman–Crippen MR) is 118 cm³/mol. The Hall–Kier alpha value is -3.17. The Morgan fingerprint density at radius 1 is 1.26 bits per heavy atom. The third-order valence-corrected chi connectivity index (χ3v) is 5.27. The van der Waals surface area contributed by atoms with Crippen LogP contribution in [0.2, 0.25) is 5.02 Å². The summed E-state index contributed by atoms with van der Waals surface area (Å²) in [6, 6.07) is 11.8.